The first-order chi connectivity index (χ1) is 12.7. The van der Waals surface area contributed by atoms with Crippen LogP contribution in [0, 0.1) is 22.7 Å². The minimum atomic E-state index is 0.527. The average molecular weight is 394 g/mol. The van der Waals surface area contributed by atoms with Crippen LogP contribution in [-0.4, -0.2) is 15.7 Å². The van der Waals surface area contributed by atoms with E-state index in [0.29, 0.717) is 10.8 Å². The summed E-state index contributed by atoms with van der Waals surface area (Å²) >= 11 is 0. The van der Waals surface area contributed by atoms with Crippen LogP contribution in [-0.2, 0) is 10.9 Å². The number of hydrogen-bond donors (Lipinski definition) is 0. The van der Waals surface area contributed by atoms with Crippen molar-refractivity contribution in [1.82, 2.24) is 0 Å². The predicted octanol–water partition coefficient (Wildman–Crippen LogP) is 8.15. The maximum atomic E-state index is 2.48. The molecular formula is C26H49S+. The van der Waals surface area contributed by atoms with Gasteiger partial charge in [-0.3, -0.25) is 0 Å². The highest BCUT2D eigenvalue weighted by atomic mass is 32.2. The molecule has 1 heteroatoms. The minimum Gasteiger partial charge on any atom is -0.0599 e. The van der Waals surface area contributed by atoms with Crippen LogP contribution in [0.4, 0.5) is 0 Å². The fourth-order valence-corrected chi connectivity index (χ4v) is 10.7. The van der Waals surface area contributed by atoms with Gasteiger partial charge in [0.25, 0.3) is 0 Å². The standard InChI is InChI=1S/C26H49S/c1-25(2,3)20-12-16-23(17-13-20)27(22-10-8-7-9-11-22)24-18-14-21(15-19-24)26(4,5)6/h20-24H,7-19H2,1-6H3/q+1. The predicted molar refractivity (Wildman–Crippen MR) is 125 cm³/mol. The van der Waals surface area contributed by atoms with Gasteiger partial charge in [-0.25, -0.2) is 0 Å². The molecule has 0 nitrogen and oxygen atoms in total. The zero-order valence-corrected chi connectivity index (χ0v) is 20.3. The van der Waals surface area contributed by atoms with Crippen LogP contribution in [0.25, 0.3) is 0 Å². The van der Waals surface area contributed by atoms with Crippen molar-refractivity contribution in [3.63, 3.8) is 0 Å². The third kappa shape index (κ3) is 5.70. The second-order valence-electron chi connectivity index (χ2n) is 12.3. The molecule has 0 saturated heterocycles. The average Bonchev–Trinajstić information content (AvgIpc) is 2.62. The minimum absolute atomic E-state index is 0.527. The summed E-state index contributed by atoms with van der Waals surface area (Å²) in [6.07, 6.45) is 20.0. The molecule has 3 fully saturated rings. The third-order valence-corrected chi connectivity index (χ3v) is 12.2. The molecule has 27 heavy (non-hydrogen) atoms. The van der Waals surface area contributed by atoms with Gasteiger partial charge in [0, 0.05) is 0 Å². The Morgan fingerprint density at radius 2 is 0.778 bits per heavy atom. The van der Waals surface area contributed by atoms with E-state index in [9.17, 15) is 0 Å². The zero-order chi connectivity index (χ0) is 19.7. The van der Waals surface area contributed by atoms with Crippen molar-refractivity contribution in [2.75, 3.05) is 0 Å². The van der Waals surface area contributed by atoms with E-state index in [0.717, 1.165) is 38.5 Å². The lowest BCUT2D eigenvalue weighted by Crippen LogP contribution is -2.46. The van der Waals surface area contributed by atoms with Gasteiger partial charge in [0.1, 0.15) is 15.7 Å². The summed E-state index contributed by atoms with van der Waals surface area (Å²) in [6, 6.07) is 0. The second-order valence-corrected chi connectivity index (χ2v) is 15.2. The number of rotatable bonds is 3. The highest BCUT2D eigenvalue weighted by molar-refractivity contribution is 7.98. The largest absolute Gasteiger partial charge is 0.118 e. The quantitative estimate of drug-likeness (QED) is 0.424. The van der Waals surface area contributed by atoms with Crippen molar-refractivity contribution in [3.8, 4) is 0 Å². The van der Waals surface area contributed by atoms with Gasteiger partial charge in [0.15, 0.2) is 0 Å². The van der Waals surface area contributed by atoms with Crippen LogP contribution >= 0.6 is 0 Å². The summed E-state index contributed by atoms with van der Waals surface area (Å²) in [6.45, 7) is 14.9. The molecule has 0 amide bonds. The molecule has 0 radical (unpaired) electrons. The van der Waals surface area contributed by atoms with E-state index < -0.39 is 0 Å². The van der Waals surface area contributed by atoms with Gasteiger partial charge in [-0.2, -0.15) is 0 Å². The number of hydrogen-bond acceptors (Lipinski definition) is 0. The van der Waals surface area contributed by atoms with Crippen molar-refractivity contribution in [3.05, 3.63) is 0 Å². The molecule has 0 aliphatic heterocycles. The van der Waals surface area contributed by atoms with Gasteiger partial charge >= 0.3 is 0 Å². The summed E-state index contributed by atoms with van der Waals surface area (Å²) in [5.41, 5.74) is 1.05. The Morgan fingerprint density at radius 1 is 0.444 bits per heavy atom. The molecule has 0 bridgehead atoms. The second kappa shape index (κ2) is 9.01. The first kappa shape index (κ1) is 22.0. The molecule has 0 aromatic heterocycles. The van der Waals surface area contributed by atoms with Crippen LogP contribution in [0.3, 0.4) is 0 Å². The van der Waals surface area contributed by atoms with Crippen LogP contribution in [0.5, 0.6) is 0 Å². The normalized spacial score (nSPS) is 35.8. The Balaban J connectivity index is 1.66. The molecule has 3 aliphatic rings. The molecule has 3 rings (SSSR count). The summed E-state index contributed by atoms with van der Waals surface area (Å²) in [5, 5.41) is 3.27. The Kier molecular flexibility index (Phi) is 7.36. The van der Waals surface area contributed by atoms with Crippen molar-refractivity contribution in [1.29, 1.82) is 0 Å². The van der Waals surface area contributed by atoms with E-state index in [1.165, 1.54) is 44.9 Å². The van der Waals surface area contributed by atoms with Crippen LogP contribution in [0.1, 0.15) is 125 Å². The Bertz CT molecular complexity index is 398. The van der Waals surface area contributed by atoms with Crippen LogP contribution in [0.15, 0.2) is 0 Å². The van der Waals surface area contributed by atoms with E-state index in [1.54, 1.807) is 38.5 Å². The highest BCUT2D eigenvalue weighted by Crippen LogP contribution is 2.47. The van der Waals surface area contributed by atoms with Crippen molar-refractivity contribution < 1.29 is 0 Å². The van der Waals surface area contributed by atoms with E-state index >= 15 is 0 Å². The maximum Gasteiger partial charge on any atom is 0.118 e. The lowest BCUT2D eigenvalue weighted by Gasteiger charge is -2.42. The summed E-state index contributed by atoms with van der Waals surface area (Å²) in [4.78, 5) is 0. The van der Waals surface area contributed by atoms with Crippen LogP contribution < -0.4 is 0 Å². The molecule has 0 atom stereocenters. The van der Waals surface area contributed by atoms with Gasteiger partial charge in [-0.15, -0.1) is 0 Å². The first-order valence-electron chi connectivity index (χ1n) is 12.4. The lowest BCUT2D eigenvalue weighted by atomic mass is 9.72. The molecule has 0 N–H and O–H groups in total. The van der Waals surface area contributed by atoms with Crippen LogP contribution in [0.2, 0.25) is 0 Å². The monoisotopic (exact) mass is 393 g/mol. The van der Waals surface area contributed by atoms with Crippen molar-refractivity contribution in [2.24, 2.45) is 22.7 Å². The van der Waals surface area contributed by atoms with Gasteiger partial charge < -0.3 is 0 Å². The third-order valence-electron chi connectivity index (χ3n) is 8.50. The molecule has 0 aromatic rings. The molecule has 0 spiro atoms. The molecule has 3 aliphatic carbocycles. The highest BCUT2D eigenvalue weighted by Gasteiger charge is 2.48. The fourth-order valence-electron chi connectivity index (χ4n) is 6.56. The Labute approximate surface area is 174 Å². The smallest absolute Gasteiger partial charge is 0.0599 e. The van der Waals surface area contributed by atoms with E-state index in [-0.39, 0.29) is 0 Å². The Hall–Kier alpha value is 0.350. The molecule has 0 unspecified atom stereocenters. The summed E-state index contributed by atoms with van der Waals surface area (Å²) in [5.74, 6) is 1.95. The van der Waals surface area contributed by atoms with Gasteiger partial charge in [-0.1, -0.05) is 48.0 Å². The van der Waals surface area contributed by atoms with E-state index in [4.69, 9.17) is 0 Å². The van der Waals surface area contributed by atoms with E-state index in [1.807, 2.05) is 0 Å². The topological polar surface area (TPSA) is 0 Å². The van der Waals surface area contributed by atoms with Gasteiger partial charge in [0.2, 0.25) is 0 Å². The van der Waals surface area contributed by atoms with Crippen molar-refractivity contribution in [2.45, 2.75) is 141 Å². The Morgan fingerprint density at radius 3 is 1.11 bits per heavy atom. The molecule has 0 aromatic carbocycles. The molecule has 158 valence electrons. The van der Waals surface area contributed by atoms with Crippen molar-refractivity contribution >= 4 is 10.9 Å². The SMILES string of the molecule is CC(C)(C)C1CCC([S+](C2CCCCC2)C2CCC(C(C)(C)C)CC2)CC1. The fraction of sp³-hybridized carbons (Fsp3) is 1.00. The summed E-state index contributed by atoms with van der Waals surface area (Å²) < 4.78 is 0. The van der Waals surface area contributed by atoms with E-state index in [2.05, 4.69) is 41.5 Å². The maximum absolute atomic E-state index is 2.48. The van der Waals surface area contributed by atoms with Gasteiger partial charge in [-0.05, 0) is 111 Å². The molecule has 3 saturated carbocycles. The van der Waals surface area contributed by atoms with Gasteiger partial charge in [0.05, 0.1) is 0 Å². The molecule has 0 heterocycles. The molecular weight excluding hydrogens is 344 g/mol. The summed E-state index contributed by atoms with van der Waals surface area (Å²) in [7, 11) is 0.733. The zero-order valence-electron chi connectivity index (χ0n) is 19.5. The first-order valence-corrected chi connectivity index (χ1v) is 13.8. The lowest BCUT2D eigenvalue weighted by molar-refractivity contribution is 0.177.